The summed E-state index contributed by atoms with van der Waals surface area (Å²) in [5.41, 5.74) is 2.98. The Balaban J connectivity index is 2.59. The lowest BCUT2D eigenvalue weighted by atomic mass is 10.0. The van der Waals surface area contributed by atoms with Gasteiger partial charge in [-0.3, -0.25) is 9.78 Å². The predicted molar refractivity (Wildman–Crippen MR) is 69.4 cm³/mol. The molecule has 0 fully saturated rings. The maximum absolute atomic E-state index is 10.8. The number of rotatable bonds is 3. The van der Waals surface area contributed by atoms with E-state index >= 15 is 0 Å². The molecule has 0 amide bonds. The van der Waals surface area contributed by atoms with E-state index in [1.807, 2.05) is 37.3 Å². The summed E-state index contributed by atoms with van der Waals surface area (Å²) in [6.45, 7) is 1.85. The summed E-state index contributed by atoms with van der Waals surface area (Å²) in [5, 5.41) is 0. The fraction of sp³-hybridized carbons (Fsp3) is 0.0769. The molecule has 2 rings (SSSR count). The van der Waals surface area contributed by atoms with Gasteiger partial charge in [0.2, 0.25) is 0 Å². The average molecular weight is 245 g/mol. The molecule has 0 aliphatic heterocycles. The Hall–Kier alpha value is -1.81. The number of pyridine rings is 1. The Morgan fingerprint density at radius 2 is 2.06 bits per heavy atom. The molecular formula is C13H11NO2S. The molecule has 0 N–H and O–H groups in total. The lowest BCUT2D eigenvalue weighted by molar-refractivity contribution is 0.111. The number of carbonyl (C=O) groups excluding carboxylic acids is 1. The van der Waals surface area contributed by atoms with Crippen molar-refractivity contribution in [3.05, 3.63) is 47.8 Å². The van der Waals surface area contributed by atoms with Gasteiger partial charge in [-0.15, -0.1) is 0 Å². The molecule has 0 saturated carbocycles. The molecule has 0 aliphatic carbocycles. The molecule has 1 aromatic heterocycles. The van der Waals surface area contributed by atoms with Crippen molar-refractivity contribution in [3.8, 4) is 16.9 Å². The van der Waals surface area contributed by atoms with Crippen LogP contribution in [0, 0.1) is 6.92 Å². The van der Waals surface area contributed by atoms with E-state index in [0.29, 0.717) is 11.4 Å². The van der Waals surface area contributed by atoms with Crippen LogP contribution in [0.2, 0.25) is 0 Å². The highest BCUT2D eigenvalue weighted by Crippen LogP contribution is 2.30. The highest BCUT2D eigenvalue weighted by atomic mass is 32.1. The second-order valence-electron chi connectivity index (χ2n) is 3.63. The van der Waals surface area contributed by atoms with E-state index in [2.05, 4.69) is 17.9 Å². The zero-order valence-electron chi connectivity index (χ0n) is 9.25. The molecule has 0 radical (unpaired) electrons. The summed E-state index contributed by atoms with van der Waals surface area (Å²) in [6, 6.07) is 11.1. The Kier molecular flexibility index (Phi) is 3.44. The first-order chi connectivity index (χ1) is 8.24. The number of hydrogen-bond acceptors (Lipinski definition) is 4. The first-order valence-corrected chi connectivity index (χ1v) is 5.46. The topological polar surface area (TPSA) is 39.2 Å². The minimum atomic E-state index is 0.411. The van der Waals surface area contributed by atoms with Gasteiger partial charge in [0.05, 0.1) is 0 Å². The van der Waals surface area contributed by atoms with Crippen molar-refractivity contribution in [1.29, 1.82) is 0 Å². The Bertz CT molecular complexity index is 555. The summed E-state index contributed by atoms with van der Waals surface area (Å²) in [7, 11) is 0. The number of aryl methyl sites for hydroxylation is 1. The molecule has 86 valence electrons. The summed E-state index contributed by atoms with van der Waals surface area (Å²) in [5.74, 6) is 0.651. The van der Waals surface area contributed by atoms with Gasteiger partial charge in [-0.25, -0.2) is 0 Å². The lowest BCUT2D eigenvalue weighted by Crippen LogP contribution is -1.92. The number of para-hydroxylation sites is 1. The van der Waals surface area contributed by atoms with Crippen LogP contribution in [0.15, 0.2) is 36.4 Å². The summed E-state index contributed by atoms with van der Waals surface area (Å²) in [4.78, 5) is 14.9. The maximum Gasteiger partial charge on any atom is 0.168 e. The number of benzene rings is 1. The summed E-state index contributed by atoms with van der Waals surface area (Å²) in [6.07, 6.45) is 0.737. The van der Waals surface area contributed by atoms with Crippen molar-refractivity contribution >= 4 is 19.2 Å². The minimum Gasteiger partial charge on any atom is -0.428 e. The second kappa shape index (κ2) is 5.01. The van der Waals surface area contributed by atoms with Crippen LogP contribution >= 0.6 is 12.9 Å². The molecule has 3 nitrogen and oxygen atoms in total. The van der Waals surface area contributed by atoms with Crippen LogP contribution in [0.3, 0.4) is 0 Å². The van der Waals surface area contributed by atoms with Crippen LogP contribution in [0.1, 0.15) is 16.2 Å². The van der Waals surface area contributed by atoms with Crippen LogP contribution in [-0.4, -0.2) is 11.3 Å². The van der Waals surface area contributed by atoms with E-state index in [-0.39, 0.29) is 0 Å². The SMILES string of the molecule is Cc1cc(-c2ccccc2OS)cc(C=O)n1. The predicted octanol–water partition coefficient (Wildman–Crippen LogP) is 3.09. The van der Waals surface area contributed by atoms with Crippen LogP contribution < -0.4 is 4.18 Å². The molecule has 0 spiro atoms. The monoisotopic (exact) mass is 245 g/mol. The first kappa shape index (κ1) is 11.7. The molecule has 1 heterocycles. The van der Waals surface area contributed by atoms with Gasteiger partial charge < -0.3 is 4.18 Å². The van der Waals surface area contributed by atoms with E-state index < -0.39 is 0 Å². The fourth-order valence-corrected chi connectivity index (χ4v) is 1.85. The molecule has 2 aromatic rings. The number of aromatic nitrogens is 1. The molecule has 0 unspecified atom stereocenters. The standard InChI is InChI=1S/C13H11NO2S/c1-9-6-10(7-11(8-15)14-9)12-4-2-3-5-13(12)16-17/h2-8,17H,1H3. The molecule has 0 saturated heterocycles. The normalized spacial score (nSPS) is 10.0. The summed E-state index contributed by atoms with van der Waals surface area (Å²) < 4.78 is 5.00. The van der Waals surface area contributed by atoms with E-state index in [1.54, 1.807) is 6.07 Å². The first-order valence-electron chi connectivity index (χ1n) is 5.09. The van der Waals surface area contributed by atoms with Gasteiger partial charge in [0.15, 0.2) is 6.29 Å². The maximum atomic E-state index is 10.8. The van der Waals surface area contributed by atoms with Gasteiger partial charge in [-0.05, 0) is 30.7 Å². The average Bonchev–Trinajstić information content (AvgIpc) is 2.37. The van der Waals surface area contributed by atoms with Crippen molar-refractivity contribution in [2.75, 3.05) is 0 Å². The van der Waals surface area contributed by atoms with Gasteiger partial charge >= 0.3 is 0 Å². The van der Waals surface area contributed by atoms with Gasteiger partial charge in [0, 0.05) is 24.2 Å². The number of thiol groups is 1. The van der Waals surface area contributed by atoms with Crippen molar-refractivity contribution in [2.24, 2.45) is 0 Å². The third kappa shape index (κ3) is 2.47. The number of carbonyl (C=O) groups is 1. The molecule has 1 aromatic carbocycles. The van der Waals surface area contributed by atoms with Crippen LogP contribution in [0.25, 0.3) is 11.1 Å². The van der Waals surface area contributed by atoms with E-state index in [4.69, 9.17) is 4.18 Å². The summed E-state index contributed by atoms with van der Waals surface area (Å²) >= 11 is 3.82. The van der Waals surface area contributed by atoms with Gasteiger partial charge in [-0.2, -0.15) is 0 Å². The molecule has 0 atom stereocenters. The van der Waals surface area contributed by atoms with E-state index in [9.17, 15) is 4.79 Å². The van der Waals surface area contributed by atoms with E-state index in [1.165, 1.54) is 0 Å². The third-order valence-corrected chi connectivity index (χ3v) is 2.59. The van der Waals surface area contributed by atoms with Gasteiger partial charge in [-0.1, -0.05) is 18.2 Å². The van der Waals surface area contributed by atoms with Crippen LogP contribution in [0.4, 0.5) is 0 Å². The van der Waals surface area contributed by atoms with Crippen molar-refractivity contribution in [1.82, 2.24) is 4.98 Å². The smallest absolute Gasteiger partial charge is 0.168 e. The largest absolute Gasteiger partial charge is 0.428 e. The molecule has 0 aliphatic rings. The minimum absolute atomic E-state index is 0.411. The van der Waals surface area contributed by atoms with Crippen molar-refractivity contribution in [3.63, 3.8) is 0 Å². The molecule has 17 heavy (non-hydrogen) atoms. The van der Waals surface area contributed by atoms with Crippen molar-refractivity contribution < 1.29 is 8.98 Å². The quantitative estimate of drug-likeness (QED) is 0.513. The molecule has 4 heteroatoms. The molecule has 0 bridgehead atoms. The van der Waals surface area contributed by atoms with Crippen molar-refractivity contribution in [2.45, 2.75) is 6.92 Å². The number of aldehydes is 1. The number of nitrogens with zero attached hydrogens (tertiary/aromatic N) is 1. The highest BCUT2D eigenvalue weighted by molar-refractivity contribution is 7.75. The zero-order valence-corrected chi connectivity index (χ0v) is 10.1. The second-order valence-corrected chi connectivity index (χ2v) is 3.81. The van der Waals surface area contributed by atoms with Crippen LogP contribution in [-0.2, 0) is 0 Å². The third-order valence-electron chi connectivity index (χ3n) is 2.39. The Labute approximate surface area is 105 Å². The van der Waals surface area contributed by atoms with E-state index in [0.717, 1.165) is 23.1 Å². The van der Waals surface area contributed by atoms with Crippen LogP contribution in [0.5, 0.6) is 5.75 Å². The Morgan fingerprint density at radius 1 is 1.29 bits per heavy atom. The zero-order chi connectivity index (χ0) is 12.3. The van der Waals surface area contributed by atoms with Gasteiger partial charge in [0.1, 0.15) is 11.4 Å². The highest BCUT2D eigenvalue weighted by Gasteiger charge is 2.07. The van der Waals surface area contributed by atoms with Gasteiger partial charge in [0.25, 0.3) is 0 Å². The lowest BCUT2D eigenvalue weighted by Gasteiger charge is -2.08. The Morgan fingerprint density at radius 3 is 2.76 bits per heavy atom. The molecular weight excluding hydrogens is 234 g/mol. The number of hydrogen-bond donors (Lipinski definition) is 1. The fourth-order valence-electron chi connectivity index (χ4n) is 1.69.